The Bertz CT molecular complexity index is 465. The van der Waals surface area contributed by atoms with Gasteiger partial charge in [-0.25, -0.2) is 4.98 Å². The third kappa shape index (κ3) is 5.20. The summed E-state index contributed by atoms with van der Waals surface area (Å²) < 4.78 is 0. The van der Waals surface area contributed by atoms with Gasteiger partial charge in [-0.2, -0.15) is 0 Å². The summed E-state index contributed by atoms with van der Waals surface area (Å²) in [5.41, 5.74) is 0.548. The van der Waals surface area contributed by atoms with Gasteiger partial charge in [-0.15, -0.1) is 0 Å². The number of hydrogen-bond donors (Lipinski definition) is 1. The molecule has 4 nitrogen and oxygen atoms in total. The van der Waals surface area contributed by atoms with Crippen molar-refractivity contribution in [3.8, 4) is 0 Å². The van der Waals surface area contributed by atoms with Crippen molar-refractivity contribution in [2.75, 3.05) is 25.0 Å². The van der Waals surface area contributed by atoms with Crippen molar-refractivity contribution >= 4 is 23.3 Å². The van der Waals surface area contributed by atoms with Crippen LogP contribution < -0.4 is 5.32 Å². The molecule has 1 unspecified atom stereocenters. The molecule has 0 bridgehead atoms. The van der Waals surface area contributed by atoms with Gasteiger partial charge in [0.1, 0.15) is 5.82 Å². The molecule has 21 heavy (non-hydrogen) atoms. The summed E-state index contributed by atoms with van der Waals surface area (Å²) in [6, 6.07) is 1.70. The van der Waals surface area contributed by atoms with Gasteiger partial charge in [0.15, 0.2) is 0 Å². The van der Waals surface area contributed by atoms with Crippen molar-refractivity contribution in [3.63, 3.8) is 0 Å². The second-order valence-electron chi connectivity index (χ2n) is 5.34. The Kier molecular flexibility index (Phi) is 7.51. The Morgan fingerprint density at radius 2 is 2.14 bits per heavy atom. The molecule has 0 aliphatic carbocycles. The van der Waals surface area contributed by atoms with E-state index < -0.39 is 0 Å². The summed E-state index contributed by atoms with van der Waals surface area (Å²) in [5.74, 6) is 1.12. The van der Waals surface area contributed by atoms with E-state index in [4.69, 9.17) is 11.6 Å². The molecule has 0 aliphatic rings. The zero-order chi connectivity index (χ0) is 15.8. The SMILES string of the molecule is CCCNc1ncc(C(=O)N(CC)CC(C)CC)cc1Cl. The van der Waals surface area contributed by atoms with Crippen molar-refractivity contribution in [2.24, 2.45) is 5.92 Å². The Hall–Kier alpha value is -1.29. The van der Waals surface area contributed by atoms with Crippen LogP contribution in [0.1, 0.15) is 50.9 Å². The minimum Gasteiger partial charge on any atom is -0.369 e. The lowest BCUT2D eigenvalue weighted by atomic mass is 10.1. The number of carbonyl (C=O) groups excluding carboxylic acids is 1. The largest absolute Gasteiger partial charge is 0.369 e. The molecule has 1 aromatic rings. The fourth-order valence-corrected chi connectivity index (χ4v) is 2.21. The molecule has 0 radical (unpaired) electrons. The first-order valence-corrected chi connectivity index (χ1v) is 8.09. The molecule has 0 saturated carbocycles. The molecule has 5 heteroatoms. The van der Waals surface area contributed by atoms with Gasteiger partial charge in [0.25, 0.3) is 5.91 Å². The maximum Gasteiger partial charge on any atom is 0.255 e. The highest BCUT2D eigenvalue weighted by atomic mass is 35.5. The normalized spacial score (nSPS) is 12.0. The first-order chi connectivity index (χ1) is 10.0. The van der Waals surface area contributed by atoms with Crippen LogP contribution in [0.4, 0.5) is 5.82 Å². The highest BCUT2D eigenvalue weighted by Crippen LogP contribution is 2.21. The topological polar surface area (TPSA) is 45.2 Å². The molecule has 0 spiro atoms. The smallest absolute Gasteiger partial charge is 0.255 e. The Morgan fingerprint density at radius 3 is 2.67 bits per heavy atom. The lowest BCUT2D eigenvalue weighted by Crippen LogP contribution is -2.34. The average molecular weight is 312 g/mol. The number of hydrogen-bond acceptors (Lipinski definition) is 3. The standard InChI is InChI=1S/C16H26ClN3O/c1-5-8-18-15-14(17)9-13(10-19-15)16(21)20(7-3)11-12(4)6-2/h9-10,12H,5-8,11H2,1-4H3,(H,18,19). The van der Waals surface area contributed by atoms with Gasteiger partial charge < -0.3 is 10.2 Å². The maximum absolute atomic E-state index is 12.5. The van der Waals surface area contributed by atoms with Crippen LogP contribution in [-0.2, 0) is 0 Å². The number of carbonyl (C=O) groups is 1. The van der Waals surface area contributed by atoms with E-state index in [2.05, 4.69) is 31.1 Å². The van der Waals surface area contributed by atoms with E-state index in [-0.39, 0.29) is 5.91 Å². The number of halogens is 1. The Balaban J connectivity index is 2.83. The van der Waals surface area contributed by atoms with E-state index in [0.29, 0.717) is 28.9 Å². The minimum absolute atomic E-state index is 0.00533. The summed E-state index contributed by atoms with van der Waals surface area (Å²) in [4.78, 5) is 18.6. The second-order valence-corrected chi connectivity index (χ2v) is 5.75. The van der Waals surface area contributed by atoms with E-state index in [1.165, 1.54) is 0 Å². The molecular weight excluding hydrogens is 286 g/mol. The van der Waals surface area contributed by atoms with Crippen molar-refractivity contribution in [1.29, 1.82) is 0 Å². The molecule has 1 rings (SSSR count). The predicted molar refractivity (Wildman–Crippen MR) is 89.1 cm³/mol. The molecule has 1 amide bonds. The van der Waals surface area contributed by atoms with Crippen LogP contribution in [0, 0.1) is 5.92 Å². The first kappa shape index (κ1) is 17.8. The fraction of sp³-hybridized carbons (Fsp3) is 0.625. The predicted octanol–water partition coefficient (Wildman–Crippen LogP) is 4.07. The third-order valence-corrected chi connectivity index (χ3v) is 3.82. The van der Waals surface area contributed by atoms with Crippen LogP contribution in [-0.4, -0.2) is 35.4 Å². The van der Waals surface area contributed by atoms with Gasteiger partial charge in [0, 0.05) is 25.8 Å². The number of nitrogens with one attached hydrogen (secondary N) is 1. The van der Waals surface area contributed by atoms with E-state index >= 15 is 0 Å². The molecular formula is C16H26ClN3O. The quantitative estimate of drug-likeness (QED) is 0.787. The molecule has 1 N–H and O–H groups in total. The van der Waals surface area contributed by atoms with Crippen LogP contribution in [0.15, 0.2) is 12.3 Å². The van der Waals surface area contributed by atoms with Crippen LogP contribution in [0.25, 0.3) is 0 Å². The summed E-state index contributed by atoms with van der Waals surface area (Å²) in [6.45, 7) is 10.6. The molecule has 118 valence electrons. The average Bonchev–Trinajstić information content (AvgIpc) is 2.50. The monoisotopic (exact) mass is 311 g/mol. The van der Waals surface area contributed by atoms with Crippen molar-refractivity contribution < 1.29 is 4.79 Å². The van der Waals surface area contributed by atoms with Gasteiger partial charge in [0.2, 0.25) is 0 Å². The van der Waals surface area contributed by atoms with E-state index in [1.807, 2.05) is 11.8 Å². The van der Waals surface area contributed by atoms with Gasteiger partial charge in [-0.05, 0) is 25.3 Å². The number of nitrogens with zero attached hydrogens (tertiary/aromatic N) is 2. The molecule has 0 saturated heterocycles. The number of aromatic nitrogens is 1. The van der Waals surface area contributed by atoms with Crippen LogP contribution in [0.2, 0.25) is 5.02 Å². The molecule has 0 aromatic carbocycles. The number of amides is 1. The number of anilines is 1. The van der Waals surface area contributed by atoms with Crippen molar-refractivity contribution in [3.05, 3.63) is 22.8 Å². The van der Waals surface area contributed by atoms with E-state index in [1.54, 1.807) is 12.3 Å². The van der Waals surface area contributed by atoms with Gasteiger partial charge in [-0.3, -0.25) is 4.79 Å². The molecule has 1 heterocycles. The fourth-order valence-electron chi connectivity index (χ4n) is 1.97. The summed E-state index contributed by atoms with van der Waals surface area (Å²) in [6.07, 6.45) is 3.66. The molecule has 0 fully saturated rings. The van der Waals surface area contributed by atoms with Gasteiger partial charge in [-0.1, -0.05) is 38.8 Å². The lowest BCUT2D eigenvalue weighted by Gasteiger charge is -2.24. The van der Waals surface area contributed by atoms with Crippen molar-refractivity contribution in [2.45, 2.75) is 40.5 Å². The maximum atomic E-state index is 12.5. The number of rotatable bonds is 8. The molecule has 0 aliphatic heterocycles. The zero-order valence-corrected chi connectivity index (χ0v) is 14.2. The highest BCUT2D eigenvalue weighted by Gasteiger charge is 2.17. The van der Waals surface area contributed by atoms with Gasteiger partial charge >= 0.3 is 0 Å². The number of pyridine rings is 1. The van der Waals surface area contributed by atoms with E-state index in [9.17, 15) is 4.79 Å². The first-order valence-electron chi connectivity index (χ1n) is 7.72. The van der Waals surface area contributed by atoms with Gasteiger partial charge in [0.05, 0.1) is 10.6 Å². The van der Waals surface area contributed by atoms with Crippen LogP contribution in [0.3, 0.4) is 0 Å². The Morgan fingerprint density at radius 1 is 1.43 bits per heavy atom. The zero-order valence-electron chi connectivity index (χ0n) is 13.4. The minimum atomic E-state index is -0.00533. The molecule has 1 atom stereocenters. The third-order valence-electron chi connectivity index (χ3n) is 3.53. The summed E-state index contributed by atoms with van der Waals surface area (Å²) in [5, 5.41) is 3.64. The highest BCUT2D eigenvalue weighted by molar-refractivity contribution is 6.33. The van der Waals surface area contributed by atoms with Crippen LogP contribution in [0.5, 0.6) is 0 Å². The second kappa shape index (κ2) is 8.88. The summed E-state index contributed by atoms with van der Waals surface area (Å²) >= 11 is 6.19. The van der Waals surface area contributed by atoms with Crippen molar-refractivity contribution in [1.82, 2.24) is 9.88 Å². The Labute approximate surface area is 132 Å². The lowest BCUT2D eigenvalue weighted by molar-refractivity contribution is 0.0740. The van der Waals surface area contributed by atoms with E-state index in [0.717, 1.165) is 25.9 Å². The molecule has 1 aromatic heterocycles. The van der Waals surface area contributed by atoms with Crippen LogP contribution >= 0.6 is 11.6 Å². The summed E-state index contributed by atoms with van der Waals surface area (Å²) in [7, 11) is 0.